The summed E-state index contributed by atoms with van der Waals surface area (Å²) in [5, 5.41) is 12.6. The molecule has 0 aliphatic heterocycles. The van der Waals surface area contributed by atoms with Gasteiger partial charge in [0.25, 0.3) is 0 Å². The van der Waals surface area contributed by atoms with Gasteiger partial charge in [-0.1, -0.05) is 70.5 Å². The third kappa shape index (κ3) is 4.10. The normalized spacial score (nSPS) is 11.6. The molecule has 0 unspecified atom stereocenters. The molecule has 0 bridgehead atoms. The summed E-state index contributed by atoms with van der Waals surface area (Å²) in [6.45, 7) is 0. The third-order valence-corrected chi connectivity index (χ3v) is 6.98. The molecule has 0 saturated carbocycles. The molecule has 5 heteroatoms. The highest BCUT2D eigenvalue weighted by Crippen LogP contribution is 2.32. The highest BCUT2D eigenvalue weighted by atomic mass is 127. The summed E-state index contributed by atoms with van der Waals surface area (Å²) in [6.07, 6.45) is 4.00. The van der Waals surface area contributed by atoms with E-state index in [2.05, 4.69) is 87.1 Å². The molecule has 5 aromatic rings. The van der Waals surface area contributed by atoms with E-state index < -0.39 is 5.97 Å². The minimum Gasteiger partial charge on any atom is -0.478 e. The molecule has 0 fully saturated rings. The maximum Gasteiger partial charge on any atom is 0.335 e. The Balaban J connectivity index is 1.45. The highest BCUT2D eigenvalue weighted by Gasteiger charge is 2.10. The van der Waals surface area contributed by atoms with Crippen LogP contribution in [0.2, 0.25) is 0 Å². The number of carboxylic acids is 1. The van der Waals surface area contributed by atoms with Crippen LogP contribution in [-0.4, -0.2) is 11.1 Å². The first-order valence-electron chi connectivity index (χ1n) is 9.91. The van der Waals surface area contributed by atoms with Crippen molar-refractivity contribution in [3.8, 4) is 11.3 Å². The van der Waals surface area contributed by atoms with Gasteiger partial charge in [0.05, 0.1) is 5.56 Å². The van der Waals surface area contributed by atoms with E-state index >= 15 is 0 Å². The Kier molecular flexibility index (Phi) is 5.61. The zero-order valence-electron chi connectivity index (χ0n) is 16.7. The molecule has 0 amide bonds. The highest BCUT2D eigenvalue weighted by molar-refractivity contribution is 14.1. The predicted octanol–water partition coefficient (Wildman–Crippen LogP) is 8.49. The van der Waals surface area contributed by atoms with Crippen LogP contribution in [0.15, 0.2) is 87.8 Å². The lowest BCUT2D eigenvalue weighted by Crippen LogP contribution is -1.95. The summed E-state index contributed by atoms with van der Waals surface area (Å²) in [5.41, 5.74) is 4.16. The fourth-order valence-electron chi connectivity index (χ4n) is 3.66. The molecule has 0 saturated heterocycles. The first kappa shape index (κ1) is 21.0. The summed E-state index contributed by atoms with van der Waals surface area (Å²) in [7, 11) is 0. The minimum absolute atomic E-state index is 0.256. The Labute approximate surface area is 206 Å². The van der Waals surface area contributed by atoms with Crippen molar-refractivity contribution in [1.29, 1.82) is 0 Å². The molecule has 0 aliphatic carbocycles. The fourth-order valence-corrected chi connectivity index (χ4v) is 4.87. The number of rotatable bonds is 4. The lowest BCUT2D eigenvalue weighted by Gasteiger charge is -2.04. The van der Waals surface area contributed by atoms with Gasteiger partial charge in [-0.3, -0.25) is 0 Å². The van der Waals surface area contributed by atoms with Gasteiger partial charge in [-0.15, -0.1) is 0 Å². The van der Waals surface area contributed by atoms with Gasteiger partial charge in [-0.25, -0.2) is 4.79 Å². The zero-order valence-corrected chi connectivity index (χ0v) is 20.4. The van der Waals surface area contributed by atoms with Crippen molar-refractivity contribution in [1.82, 2.24) is 0 Å². The molecule has 3 nitrogen and oxygen atoms in total. The molecule has 1 N–H and O–H groups in total. The van der Waals surface area contributed by atoms with Crippen molar-refractivity contribution < 1.29 is 14.3 Å². The maximum absolute atomic E-state index is 11.1. The van der Waals surface area contributed by atoms with Gasteiger partial charge in [-0.2, -0.15) is 0 Å². The van der Waals surface area contributed by atoms with Gasteiger partial charge < -0.3 is 9.52 Å². The Bertz CT molecular complexity index is 1480. The molecule has 5 rings (SSSR count). The van der Waals surface area contributed by atoms with E-state index in [9.17, 15) is 4.79 Å². The molecule has 0 aliphatic rings. The van der Waals surface area contributed by atoms with Gasteiger partial charge in [0.2, 0.25) is 0 Å². The average Bonchev–Trinajstić information content (AvgIpc) is 3.20. The summed E-state index contributed by atoms with van der Waals surface area (Å²) >= 11 is 5.78. The van der Waals surface area contributed by atoms with Crippen LogP contribution in [0.3, 0.4) is 0 Å². The average molecular weight is 595 g/mol. The second kappa shape index (κ2) is 8.56. The number of carboxylic acid groups (broad SMARTS) is 1. The first-order chi connectivity index (χ1) is 15.5. The standard InChI is InChI=1S/C27H16BrIO3/c28-23-12-21(27(30)31)10-6-16(23)5-7-17-8-9-20(13-24(17)29)25-15-22-11-18-3-1-2-4-19(18)14-26(22)32-25/h1-15H,(H,30,31). The topological polar surface area (TPSA) is 50.4 Å². The first-order valence-corrected chi connectivity index (χ1v) is 11.8. The molecule has 0 radical (unpaired) electrons. The second-order valence-corrected chi connectivity index (χ2v) is 9.48. The van der Waals surface area contributed by atoms with Crippen LogP contribution < -0.4 is 0 Å². The molecule has 0 atom stereocenters. The predicted molar refractivity (Wildman–Crippen MR) is 142 cm³/mol. The van der Waals surface area contributed by atoms with Crippen molar-refractivity contribution in [2.24, 2.45) is 0 Å². The summed E-state index contributed by atoms with van der Waals surface area (Å²) in [6, 6.07) is 25.9. The molecular formula is C27H16BrIO3. The number of benzene rings is 4. The van der Waals surface area contributed by atoms with Crippen LogP contribution in [0.25, 0.3) is 45.2 Å². The van der Waals surface area contributed by atoms with Crippen LogP contribution in [0.1, 0.15) is 21.5 Å². The molecule has 1 aromatic heterocycles. The van der Waals surface area contributed by atoms with Gasteiger partial charge in [-0.05, 0) is 80.9 Å². The van der Waals surface area contributed by atoms with E-state index in [1.54, 1.807) is 18.2 Å². The van der Waals surface area contributed by atoms with E-state index in [-0.39, 0.29) is 5.56 Å². The SMILES string of the molecule is O=C(O)c1ccc(C=Cc2ccc(-c3cc4cc5ccccc5cc4o3)cc2I)c(Br)c1. The molecular weight excluding hydrogens is 579 g/mol. The van der Waals surface area contributed by atoms with Gasteiger partial charge in [0, 0.05) is 19.0 Å². The molecule has 4 aromatic carbocycles. The van der Waals surface area contributed by atoms with Crippen molar-refractivity contribution in [3.05, 3.63) is 104 Å². The van der Waals surface area contributed by atoms with Crippen LogP contribution in [-0.2, 0) is 0 Å². The van der Waals surface area contributed by atoms with Gasteiger partial charge in [0.1, 0.15) is 11.3 Å². The molecule has 32 heavy (non-hydrogen) atoms. The van der Waals surface area contributed by atoms with Crippen LogP contribution in [0.4, 0.5) is 0 Å². The number of hydrogen-bond donors (Lipinski definition) is 1. The number of fused-ring (bicyclic) bond motifs is 2. The number of hydrogen-bond acceptors (Lipinski definition) is 2. The van der Waals surface area contributed by atoms with E-state index in [0.717, 1.165) is 41.5 Å². The monoisotopic (exact) mass is 594 g/mol. The molecule has 0 spiro atoms. The summed E-state index contributed by atoms with van der Waals surface area (Å²) in [4.78, 5) is 11.1. The smallest absolute Gasteiger partial charge is 0.335 e. The second-order valence-electron chi connectivity index (χ2n) is 7.46. The van der Waals surface area contributed by atoms with Crippen molar-refractivity contribution in [2.75, 3.05) is 0 Å². The van der Waals surface area contributed by atoms with Crippen LogP contribution in [0, 0.1) is 3.57 Å². The molecule has 156 valence electrons. The van der Waals surface area contributed by atoms with Crippen molar-refractivity contribution in [2.45, 2.75) is 0 Å². The Morgan fingerprint density at radius 1 is 0.844 bits per heavy atom. The molecule has 1 heterocycles. The number of halogens is 2. The van der Waals surface area contributed by atoms with E-state index in [1.807, 2.05) is 24.3 Å². The van der Waals surface area contributed by atoms with Crippen molar-refractivity contribution >= 4 is 78.4 Å². The minimum atomic E-state index is -0.940. The largest absolute Gasteiger partial charge is 0.478 e. The quantitative estimate of drug-likeness (QED) is 0.168. The Morgan fingerprint density at radius 2 is 1.56 bits per heavy atom. The fraction of sp³-hybridized carbons (Fsp3) is 0. The number of furan rings is 1. The lowest BCUT2D eigenvalue weighted by atomic mass is 10.1. The Morgan fingerprint density at radius 3 is 2.28 bits per heavy atom. The number of aromatic carboxylic acids is 1. The van der Waals surface area contributed by atoms with E-state index in [0.29, 0.717) is 0 Å². The number of carbonyl (C=O) groups is 1. The summed E-state index contributed by atoms with van der Waals surface area (Å²) < 4.78 is 8.00. The van der Waals surface area contributed by atoms with E-state index in [4.69, 9.17) is 9.52 Å². The van der Waals surface area contributed by atoms with Crippen LogP contribution >= 0.6 is 38.5 Å². The van der Waals surface area contributed by atoms with Crippen LogP contribution in [0.5, 0.6) is 0 Å². The van der Waals surface area contributed by atoms with Crippen molar-refractivity contribution in [3.63, 3.8) is 0 Å². The summed E-state index contributed by atoms with van der Waals surface area (Å²) in [5.74, 6) is -0.0965. The van der Waals surface area contributed by atoms with Gasteiger partial charge >= 0.3 is 5.97 Å². The van der Waals surface area contributed by atoms with E-state index in [1.165, 1.54) is 10.8 Å². The maximum atomic E-state index is 11.1. The third-order valence-electron chi connectivity index (χ3n) is 5.36. The Hall–Kier alpha value is -2.90. The zero-order chi connectivity index (χ0) is 22.2. The lowest BCUT2D eigenvalue weighted by molar-refractivity contribution is 0.0697. The van der Waals surface area contributed by atoms with Gasteiger partial charge in [0.15, 0.2) is 0 Å².